The molecule has 0 bridgehead atoms. The molecular formula is C15H10ClF3N2O3. The van der Waals surface area contributed by atoms with Crippen LogP contribution >= 0.6 is 11.6 Å². The number of nitrogens with zero attached hydrogens (tertiary/aromatic N) is 1. The van der Waals surface area contributed by atoms with Crippen molar-refractivity contribution in [1.82, 2.24) is 5.43 Å². The van der Waals surface area contributed by atoms with Gasteiger partial charge < -0.3 is 10.2 Å². The largest absolute Gasteiger partial charge is 0.507 e. The second-order valence-corrected chi connectivity index (χ2v) is 5.01. The van der Waals surface area contributed by atoms with Crippen molar-refractivity contribution < 1.29 is 28.2 Å². The number of phenols is 2. The standard InChI is InChI=1S/C15H10ClF3N2O3/c16-8-5-6-12(23)10(7-8)13(15(17,18)19)20-21-14(24)9-3-1-2-4-11(9)22/h1-7,22-23H,(H,21,24). The average molecular weight is 359 g/mol. The number of hydrazone groups is 1. The van der Waals surface area contributed by atoms with Gasteiger partial charge in [-0.3, -0.25) is 4.79 Å². The van der Waals surface area contributed by atoms with Gasteiger partial charge in [0.05, 0.1) is 11.1 Å². The number of carbonyl (C=O) groups excluding carboxylic acids is 1. The van der Waals surface area contributed by atoms with Gasteiger partial charge in [-0.1, -0.05) is 23.7 Å². The van der Waals surface area contributed by atoms with E-state index in [4.69, 9.17) is 11.6 Å². The zero-order valence-electron chi connectivity index (χ0n) is 11.8. The van der Waals surface area contributed by atoms with E-state index < -0.39 is 34.9 Å². The van der Waals surface area contributed by atoms with Crippen LogP contribution in [0.15, 0.2) is 47.6 Å². The summed E-state index contributed by atoms with van der Waals surface area (Å²) in [5, 5.41) is 22.1. The number of hydrogen-bond donors (Lipinski definition) is 3. The average Bonchev–Trinajstić information content (AvgIpc) is 2.49. The van der Waals surface area contributed by atoms with Crippen LogP contribution in [-0.2, 0) is 0 Å². The molecule has 0 atom stereocenters. The number of rotatable bonds is 3. The van der Waals surface area contributed by atoms with Gasteiger partial charge in [0.15, 0.2) is 5.71 Å². The Morgan fingerprint density at radius 3 is 2.29 bits per heavy atom. The number of aromatic hydroxyl groups is 2. The topological polar surface area (TPSA) is 81.9 Å². The molecule has 2 aromatic rings. The second kappa shape index (κ2) is 6.79. The van der Waals surface area contributed by atoms with Crippen LogP contribution < -0.4 is 5.43 Å². The van der Waals surface area contributed by atoms with Crippen LogP contribution in [0, 0.1) is 0 Å². The molecule has 2 rings (SSSR count). The zero-order valence-corrected chi connectivity index (χ0v) is 12.6. The number of para-hydroxylation sites is 1. The first-order valence-corrected chi connectivity index (χ1v) is 6.80. The maximum atomic E-state index is 13.2. The molecule has 9 heteroatoms. The highest BCUT2D eigenvalue weighted by Crippen LogP contribution is 2.29. The van der Waals surface area contributed by atoms with Crippen LogP contribution in [0.2, 0.25) is 5.02 Å². The van der Waals surface area contributed by atoms with Gasteiger partial charge in [0.25, 0.3) is 5.91 Å². The van der Waals surface area contributed by atoms with E-state index >= 15 is 0 Å². The molecule has 0 aromatic heterocycles. The van der Waals surface area contributed by atoms with Crippen molar-refractivity contribution in [3.63, 3.8) is 0 Å². The summed E-state index contributed by atoms with van der Waals surface area (Å²) in [4.78, 5) is 11.8. The normalized spacial score (nSPS) is 12.1. The summed E-state index contributed by atoms with van der Waals surface area (Å²) in [6.07, 6.45) is -4.96. The molecule has 2 aromatic carbocycles. The molecule has 0 aliphatic heterocycles. The number of phenolic OH excluding ortho intramolecular Hbond substituents is 2. The van der Waals surface area contributed by atoms with E-state index in [1.54, 1.807) is 5.43 Å². The molecule has 0 heterocycles. The summed E-state index contributed by atoms with van der Waals surface area (Å²) in [5.74, 6) is -2.16. The van der Waals surface area contributed by atoms with Gasteiger partial charge in [-0.25, -0.2) is 5.43 Å². The number of halogens is 4. The van der Waals surface area contributed by atoms with Crippen molar-refractivity contribution in [3.8, 4) is 11.5 Å². The van der Waals surface area contributed by atoms with Gasteiger partial charge in [-0.2, -0.15) is 18.3 Å². The number of benzene rings is 2. The number of amides is 1. The van der Waals surface area contributed by atoms with Gasteiger partial charge in [0.2, 0.25) is 0 Å². The minimum absolute atomic E-state index is 0.0493. The summed E-state index contributed by atoms with van der Waals surface area (Å²) in [6.45, 7) is 0. The third-order valence-corrected chi connectivity index (χ3v) is 3.14. The monoisotopic (exact) mass is 358 g/mol. The second-order valence-electron chi connectivity index (χ2n) is 4.58. The lowest BCUT2D eigenvalue weighted by atomic mass is 10.1. The quantitative estimate of drug-likeness (QED) is 0.580. The fourth-order valence-corrected chi connectivity index (χ4v) is 1.98. The molecule has 0 aliphatic carbocycles. The van der Waals surface area contributed by atoms with E-state index in [0.29, 0.717) is 0 Å². The molecule has 0 saturated carbocycles. The van der Waals surface area contributed by atoms with Crippen molar-refractivity contribution in [2.24, 2.45) is 5.10 Å². The van der Waals surface area contributed by atoms with Crippen LogP contribution in [0.25, 0.3) is 0 Å². The maximum absolute atomic E-state index is 13.2. The zero-order chi connectivity index (χ0) is 17.9. The van der Waals surface area contributed by atoms with Crippen molar-refractivity contribution in [3.05, 3.63) is 58.6 Å². The Morgan fingerprint density at radius 1 is 1.04 bits per heavy atom. The Labute approximate surface area is 139 Å². The molecule has 24 heavy (non-hydrogen) atoms. The molecule has 0 radical (unpaired) electrons. The molecule has 0 fully saturated rings. The number of hydrogen-bond acceptors (Lipinski definition) is 4. The molecule has 0 saturated heterocycles. The Bertz CT molecular complexity index is 807. The van der Waals surface area contributed by atoms with Crippen molar-refractivity contribution in [2.75, 3.05) is 0 Å². The highest BCUT2D eigenvalue weighted by Gasteiger charge is 2.39. The third kappa shape index (κ3) is 3.96. The number of nitrogens with one attached hydrogen (secondary N) is 1. The Balaban J connectivity index is 2.39. The molecule has 0 aliphatic rings. The van der Waals surface area contributed by atoms with Gasteiger partial charge in [-0.05, 0) is 30.3 Å². The van der Waals surface area contributed by atoms with Crippen LogP contribution in [0.1, 0.15) is 15.9 Å². The van der Waals surface area contributed by atoms with Crippen molar-refractivity contribution in [2.45, 2.75) is 6.18 Å². The first-order chi connectivity index (χ1) is 11.2. The Morgan fingerprint density at radius 2 is 1.67 bits per heavy atom. The lowest BCUT2D eigenvalue weighted by molar-refractivity contribution is -0.0584. The summed E-state index contributed by atoms with van der Waals surface area (Å²) in [6, 6.07) is 8.33. The van der Waals surface area contributed by atoms with E-state index in [1.807, 2.05) is 0 Å². The Hall–Kier alpha value is -2.74. The molecular weight excluding hydrogens is 349 g/mol. The lowest BCUT2D eigenvalue weighted by Gasteiger charge is -2.12. The van der Waals surface area contributed by atoms with Gasteiger partial charge >= 0.3 is 6.18 Å². The highest BCUT2D eigenvalue weighted by atomic mass is 35.5. The molecule has 0 spiro atoms. The summed E-state index contributed by atoms with van der Waals surface area (Å²) in [7, 11) is 0. The number of carbonyl (C=O) groups is 1. The minimum atomic E-state index is -4.96. The van der Waals surface area contributed by atoms with Gasteiger partial charge in [0.1, 0.15) is 11.5 Å². The number of alkyl halides is 3. The van der Waals surface area contributed by atoms with E-state index in [9.17, 15) is 28.2 Å². The molecule has 5 nitrogen and oxygen atoms in total. The van der Waals surface area contributed by atoms with Crippen LogP contribution in [-0.4, -0.2) is 28.0 Å². The van der Waals surface area contributed by atoms with Gasteiger partial charge in [-0.15, -0.1) is 0 Å². The summed E-state index contributed by atoms with van der Waals surface area (Å²) in [5.41, 5.74) is -0.769. The van der Waals surface area contributed by atoms with Crippen molar-refractivity contribution >= 4 is 23.2 Å². The van der Waals surface area contributed by atoms with E-state index in [0.717, 1.165) is 12.1 Å². The van der Waals surface area contributed by atoms with Crippen LogP contribution in [0.3, 0.4) is 0 Å². The smallest absolute Gasteiger partial charge is 0.435 e. The fraction of sp³-hybridized carbons (Fsp3) is 0.0667. The third-order valence-electron chi connectivity index (χ3n) is 2.90. The van der Waals surface area contributed by atoms with Crippen molar-refractivity contribution in [1.29, 1.82) is 0 Å². The molecule has 0 unspecified atom stereocenters. The SMILES string of the molecule is O=C(NN=C(c1cc(Cl)ccc1O)C(F)(F)F)c1ccccc1O. The first kappa shape index (κ1) is 17.6. The van der Waals surface area contributed by atoms with Gasteiger partial charge in [0, 0.05) is 5.02 Å². The lowest BCUT2D eigenvalue weighted by Crippen LogP contribution is -2.29. The molecule has 1 amide bonds. The maximum Gasteiger partial charge on any atom is 0.435 e. The van der Waals surface area contributed by atoms with E-state index in [2.05, 4.69) is 5.10 Å². The van der Waals surface area contributed by atoms with E-state index in [1.165, 1.54) is 30.3 Å². The summed E-state index contributed by atoms with van der Waals surface area (Å²) >= 11 is 5.64. The Kier molecular flexibility index (Phi) is 4.99. The van der Waals surface area contributed by atoms with Crippen LogP contribution in [0.5, 0.6) is 11.5 Å². The minimum Gasteiger partial charge on any atom is -0.507 e. The van der Waals surface area contributed by atoms with E-state index in [-0.39, 0.29) is 10.6 Å². The first-order valence-electron chi connectivity index (χ1n) is 6.42. The fourth-order valence-electron chi connectivity index (χ4n) is 1.81. The molecule has 126 valence electrons. The predicted molar refractivity (Wildman–Crippen MR) is 81.3 cm³/mol. The van der Waals surface area contributed by atoms with Crippen LogP contribution in [0.4, 0.5) is 13.2 Å². The summed E-state index contributed by atoms with van der Waals surface area (Å²) < 4.78 is 39.5. The molecule has 3 N–H and O–H groups in total. The predicted octanol–water partition coefficient (Wildman–Crippen LogP) is 3.45. The highest BCUT2D eigenvalue weighted by molar-refractivity contribution is 6.31.